The minimum absolute atomic E-state index is 0. The summed E-state index contributed by atoms with van der Waals surface area (Å²) in [6, 6.07) is 8.19. The van der Waals surface area contributed by atoms with Gasteiger partial charge in [-0.05, 0) is 24.6 Å². The summed E-state index contributed by atoms with van der Waals surface area (Å²) in [5, 5.41) is 7.21. The SMILES string of the molecule is CNC[C@@H]1OCCc2c(-c3ccon3)cccc21.Cl. The van der Waals surface area contributed by atoms with Gasteiger partial charge in [-0.25, -0.2) is 0 Å². The molecular weight excluding hydrogens is 264 g/mol. The summed E-state index contributed by atoms with van der Waals surface area (Å²) < 4.78 is 10.8. The minimum atomic E-state index is 0. The maximum Gasteiger partial charge on any atom is 0.124 e. The predicted octanol–water partition coefficient (Wildman–Crippen LogP) is 2.60. The van der Waals surface area contributed by atoms with Gasteiger partial charge in [0.15, 0.2) is 0 Å². The molecule has 0 amide bonds. The number of ether oxygens (including phenoxy) is 1. The van der Waals surface area contributed by atoms with Gasteiger partial charge in [0.1, 0.15) is 12.0 Å². The Balaban J connectivity index is 0.00000133. The van der Waals surface area contributed by atoms with Gasteiger partial charge < -0.3 is 14.6 Å². The van der Waals surface area contributed by atoms with E-state index in [1.54, 1.807) is 6.26 Å². The maximum atomic E-state index is 5.81. The molecule has 0 spiro atoms. The molecule has 0 bridgehead atoms. The molecule has 1 aliphatic rings. The Kier molecular flexibility index (Phi) is 4.58. The standard InChI is InChI=1S/C14H16N2O2.ClH/c1-15-9-14-12-4-2-3-11(10(12)5-7-17-14)13-6-8-18-16-13;/h2-4,6,8,14-15H,5,7,9H2,1H3;1H/t14-;/m0./s1. The van der Waals surface area contributed by atoms with Crippen LogP contribution >= 0.6 is 12.4 Å². The van der Waals surface area contributed by atoms with Gasteiger partial charge in [0, 0.05) is 18.2 Å². The first-order chi connectivity index (χ1) is 8.90. The molecule has 0 radical (unpaired) electrons. The summed E-state index contributed by atoms with van der Waals surface area (Å²) in [7, 11) is 1.94. The van der Waals surface area contributed by atoms with Crippen molar-refractivity contribution in [2.24, 2.45) is 0 Å². The van der Waals surface area contributed by atoms with Crippen LogP contribution in [0.15, 0.2) is 35.1 Å². The average Bonchev–Trinajstić information content (AvgIpc) is 2.93. The molecule has 1 aliphatic heterocycles. The Hall–Kier alpha value is -1.36. The molecule has 3 rings (SSSR count). The lowest BCUT2D eigenvalue weighted by Crippen LogP contribution is -2.25. The molecule has 1 atom stereocenters. The zero-order valence-corrected chi connectivity index (χ0v) is 11.6. The van der Waals surface area contributed by atoms with Crippen molar-refractivity contribution in [3.63, 3.8) is 0 Å². The summed E-state index contributed by atoms with van der Waals surface area (Å²) >= 11 is 0. The van der Waals surface area contributed by atoms with E-state index >= 15 is 0 Å². The van der Waals surface area contributed by atoms with E-state index in [-0.39, 0.29) is 18.5 Å². The number of rotatable bonds is 3. The van der Waals surface area contributed by atoms with Crippen molar-refractivity contribution in [2.75, 3.05) is 20.2 Å². The molecule has 0 saturated heterocycles. The maximum absolute atomic E-state index is 5.81. The first-order valence-corrected chi connectivity index (χ1v) is 6.19. The number of likely N-dealkylation sites (N-methyl/N-ethyl adjacent to an activating group) is 1. The monoisotopic (exact) mass is 280 g/mol. The van der Waals surface area contributed by atoms with Crippen LogP contribution in [-0.4, -0.2) is 25.4 Å². The highest BCUT2D eigenvalue weighted by molar-refractivity contribution is 5.85. The molecular formula is C14H17ClN2O2. The van der Waals surface area contributed by atoms with Gasteiger partial charge in [-0.2, -0.15) is 0 Å². The van der Waals surface area contributed by atoms with Gasteiger partial charge >= 0.3 is 0 Å². The lowest BCUT2D eigenvalue weighted by Gasteiger charge is -2.27. The van der Waals surface area contributed by atoms with Crippen molar-refractivity contribution >= 4 is 12.4 Å². The molecule has 0 unspecified atom stereocenters. The minimum Gasteiger partial charge on any atom is -0.372 e. The quantitative estimate of drug-likeness (QED) is 0.939. The Labute approximate surface area is 118 Å². The number of aromatic nitrogens is 1. The summed E-state index contributed by atoms with van der Waals surface area (Å²) in [4.78, 5) is 0. The first kappa shape index (κ1) is 14.1. The molecule has 0 aliphatic carbocycles. The second-order valence-corrected chi connectivity index (χ2v) is 4.43. The van der Waals surface area contributed by atoms with Gasteiger partial charge in [-0.1, -0.05) is 23.4 Å². The van der Waals surface area contributed by atoms with Crippen molar-refractivity contribution in [1.29, 1.82) is 0 Å². The van der Waals surface area contributed by atoms with E-state index in [0.717, 1.165) is 30.8 Å². The van der Waals surface area contributed by atoms with Crippen molar-refractivity contribution in [3.8, 4) is 11.3 Å². The third kappa shape index (κ3) is 2.66. The normalized spacial score (nSPS) is 17.6. The van der Waals surface area contributed by atoms with Gasteiger partial charge in [0.25, 0.3) is 0 Å². The molecule has 2 heterocycles. The molecule has 1 aromatic carbocycles. The Morgan fingerprint density at radius 2 is 2.26 bits per heavy atom. The second kappa shape index (κ2) is 6.19. The molecule has 0 fully saturated rings. The fourth-order valence-corrected chi connectivity index (χ4v) is 2.52. The van der Waals surface area contributed by atoms with Gasteiger partial charge in [-0.15, -0.1) is 12.4 Å². The van der Waals surface area contributed by atoms with E-state index in [1.807, 2.05) is 13.1 Å². The van der Waals surface area contributed by atoms with Crippen LogP contribution in [0.2, 0.25) is 0 Å². The Morgan fingerprint density at radius 3 is 3.00 bits per heavy atom. The van der Waals surface area contributed by atoms with Gasteiger partial charge in [0.2, 0.25) is 0 Å². The molecule has 1 aromatic heterocycles. The summed E-state index contributed by atoms with van der Waals surface area (Å²) in [5.41, 5.74) is 4.65. The van der Waals surface area contributed by atoms with Crippen LogP contribution < -0.4 is 5.32 Å². The Bertz CT molecular complexity index is 528. The fourth-order valence-electron chi connectivity index (χ4n) is 2.52. The van der Waals surface area contributed by atoms with E-state index in [1.165, 1.54) is 11.1 Å². The predicted molar refractivity (Wildman–Crippen MR) is 75.5 cm³/mol. The fraction of sp³-hybridized carbons (Fsp3) is 0.357. The van der Waals surface area contributed by atoms with E-state index < -0.39 is 0 Å². The topological polar surface area (TPSA) is 47.3 Å². The van der Waals surface area contributed by atoms with Crippen molar-refractivity contribution in [3.05, 3.63) is 41.7 Å². The van der Waals surface area contributed by atoms with E-state index in [2.05, 4.69) is 28.7 Å². The molecule has 4 nitrogen and oxygen atoms in total. The van der Waals surface area contributed by atoms with Crippen LogP contribution in [0.25, 0.3) is 11.3 Å². The molecule has 2 aromatic rings. The van der Waals surface area contributed by atoms with Gasteiger partial charge in [-0.3, -0.25) is 0 Å². The number of hydrogen-bond acceptors (Lipinski definition) is 4. The number of nitrogens with one attached hydrogen (secondary N) is 1. The highest BCUT2D eigenvalue weighted by Gasteiger charge is 2.23. The number of fused-ring (bicyclic) bond motifs is 1. The van der Waals surface area contributed by atoms with Crippen molar-refractivity contribution in [2.45, 2.75) is 12.5 Å². The van der Waals surface area contributed by atoms with Gasteiger partial charge in [0.05, 0.1) is 12.7 Å². The Morgan fingerprint density at radius 1 is 1.37 bits per heavy atom. The lowest BCUT2D eigenvalue weighted by atomic mass is 9.91. The lowest BCUT2D eigenvalue weighted by molar-refractivity contribution is 0.0440. The molecule has 19 heavy (non-hydrogen) atoms. The highest BCUT2D eigenvalue weighted by atomic mass is 35.5. The third-order valence-corrected chi connectivity index (χ3v) is 3.33. The van der Waals surface area contributed by atoms with Crippen LogP contribution in [0.1, 0.15) is 17.2 Å². The smallest absolute Gasteiger partial charge is 0.124 e. The summed E-state index contributed by atoms with van der Waals surface area (Å²) in [6.45, 7) is 1.59. The van der Waals surface area contributed by atoms with E-state index in [0.29, 0.717) is 0 Å². The third-order valence-electron chi connectivity index (χ3n) is 3.33. The summed E-state index contributed by atoms with van der Waals surface area (Å²) in [6.07, 6.45) is 2.67. The largest absolute Gasteiger partial charge is 0.372 e. The van der Waals surface area contributed by atoms with Crippen LogP contribution in [0, 0.1) is 0 Å². The molecule has 1 N–H and O–H groups in total. The number of halogens is 1. The van der Waals surface area contributed by atoms with Crippen LogP contribution in [0.4, 0.5) is 0 Å². The van der Waals surface area contributed by atoms with Crippen molar-refractivity contribution < 1.29 is 9.26 Å². The molecule has 5 heteroatoms. The zero-order valence-electron chi connectivity index (χ0n) is 10.8. The summed E-state index contributed by atoms with van der Waals surface area (Å²) in [5.74, 6) is 0. The van der Waals surface area contributed by atoms with E-state index in [4.69, 9.17) is 9.26 Å². The number of nitrogens with zero attached hydrogens (tertiary/aromatic N) is 1. The van der Waals surface area contributed by atoms with Crippen LogP contribution in [-0.2, 0) is 11.2 Å². The number of hydrogen-bond donors (Lipinski definition) is 1. The van der Waals surface area contributed by atoms with Crippen LogP contribution in [0.3, 0.4) is 0 Å². The second-order valence-electron chi connectivity index (χ2n) is 4.43. The molecule has 102 valence electrons. The van der Waals surface area contributed by atoms with Crippen LogP contribution in [0.5, 0.6) is 0 Å². The average molecular weight is 281 g/mol. The molecule has 0 saturated carbocycles. The first-order valence-electron chi connectivity index (χ1n) is 6.19. The van der Waals surface area contributed by atoms with Crippen molar-refractivity contribution in [1.82, 2.24) is 10.5 Å². The highest BCUT2D eigenvalue weighted by Crippen LogP contribution is 2.33. The van der Waals surface area contributed by atoms with E-state index in [9.17, 15) is 0 Å². The zero-order chi connectivity index (χ0) is 12.4. The number of benzene rings is 1.